The monoisotopic (exact) mass is 340 g/mol. The molecule has 0 atom stereocenters. The first-order valence-electron chi connectivity index (χ1n) is 8.56. The van der Waals surface area contributed by atoms with Crippen LogP contribution in [0.4, 0.5) is 5.82 Å². The second kappa shape index (κ2) is 7.94. The van der Waals surface area contributed by atoms with Crippen LogP contribution in [0.25, 0.3) is 11.3 Å². The van der Waals surface area contributed by atoms with Crippen LogP contribution >= 0.6 is 0 Å². The van der Waals surface area contributed by atoms with E-state index in [2.05, 4.69) is 51.9 Å². The zero-order chi connectivity index (χ0) is 17.6. The Morgan fingerprint density at radius 1 is 1.20 bits per heavy atom. The van der Waals surface area contributed by atoms with Crippen LogP contribution in [-0.4, -0.2) is 36.5 Å². The van der Waals surface area contributed by atoms with E-state index >= 15 is 0 Å². The molecule has 0 aliphatic heterocycles. The number of aliphatic hydroxyl groups is 1. The molecular formula is C18H24N6O. The van der Waals surface area contributed by atoms with E-state index in [1.807, 2.05) is 13.1 Å². The maximum Gasteiger partial charge on any atom is 0.125 e. The summed E-state index contributed by atoms with van der Waals surface area (Å²) in [6.45, 7) is 3.26. The van der Waals surface area contributed by atoms with Gasteiger partial charge in [-0.3, -0.25) is 4.68 Å². The standard InChI is InChI=1S/C18H24N6O/c1-3-4-14-5-7-15(8-6-14)17-11-18(24(21-17)9-10-25)19-12-16-13-20-22-23(16)2/h5-8,11,13,19,25H,3-4,9-10,12H2,1-2H3. The number of nitrogens with zero attached hydrogens (tertiary/aromatic N) is 5. The molecule has 0 radical (unpaired) electrons. The van der Waals surface area contributed by atoms with E-state index in [1.165, 1.54) is 5.56 Å². The van der Waals surface area contributed by atoms with Crippen molar-refractivity contribution in [1.82, 2.24) is 24.8 Å². The van der Waals surface area contributed by atoms with Crippen LogP contribution in [0.1, 0.15) is 24.6 Å². The fraction of sp³-hybridized carbons (Fsp3) is 0.389. The summed E-state index contributed by atoms with van der Waals surface area (Å²) < 4.78 is 3.52. The molecule has 1 aromatic carbocycles. The van der Waals surface area contributed by atoms with Crippen LogP contribution in [-0.2, 0) is 26.6 Å². The van der Waals surface area contributed by atoms with Gasteiger partial charge in [0.2, 0.25) is 0 Å². The first-order valence-corrected chi connectivity index (χ1v) is 8.56. The molecule has 3 aromatic rings. The molecule has 7 nitrogen and oxygen atoms in total. The molecule has 0 spiro atoms. The molecule has 25 heavy (non-hydrogen) atoms. The summed E-state index contributed by atoms with van der Waals surface area (Å²) in [7, 11) is 1.86. The van der Waals surface area contributed by atoms with Gasteiger partial charge in [-0.05, 0) is 12.0 Å². The zero-order valence-corrected chi connectivity index (χ0v) is 14.7. The van der Waals surface area contributed by atoms with E-state index in [9.17, 15) is 5.11 Å². The van der Waals surface area contributed by atoms with Crippen LogP contribution < -0.4 is 5.32 Å². The third kappa shape index (κ3) is 4.06. The Bertz CT molecular complexity index is 805. The molecule has 132 valence electrons. The molecule has 0 unspecified atom stereocenters. The predicted molar refractivity (Wildman–Crippen MR) is 97.1 cm³/mol. The molecule has 0 aliphatic carbocycles. The normalized spacial score (nSPS) is 11.0. The molecule has 7 heteroatoms. The van der Waals surface area contributed by atoms with Crippen LogP contribution in [0, 0.1) is 0 Å². The minimum atomic E-state index is 0.0402. The first-order chi connectivity index (χ1) is 12.2. The van der Waals surface area contributed by atoms with Gasteiger partial charge in [0.1, 0.15) is 5.82 Å². The molecule has 0 saturated heterocycles. The fourth-order valence-corrected chi connectivity index (χ4v) is 2.75. The number of aliphatic hydroxyl groups excluding tert-OH is 1. The number of hydrogen-bond acceptors (Lipinski definition) is 5. The van der Waals surface area contributed by atoms with E-state index < -0.39 is 0 Å². The highest BCUT2D eigenvalue weighted by Gasteiger charge is 2.10. The Morgan fingerprint density at radius 2 is 2.00 bits per heavy atom. The molecule has 0 bridgehead atoms. The van der Waals surface area contributed by atoms with Crippen molar-refractivity contribution in [2.75, 3.05) is 11.9 Å². The van der Waals surface area contributed by atoms with E-state index in [4.69, 9.17) is 0 Å². The summed E-state index contributed by atoms with van der Waals surface area (Å²) in [4.78, 5) is 0. The van der Waals surface area contributed by atoms with Crippen molar-refractivity contribution in [3.05, 3.63) is 47.8 Å². The number of hydrogen-bond donors (Lipinski definition) is 2. The van der Waals surface area contributed by atoms with Gasteiger partial charge in [0.15, 0.2) is 0 Å². The minimum absolute atomic E-state index is 0.0402. The van der Waals surface area contributed by atoms with E-state index in [0.29, 0.717) is 13.1 Å². The number of aryl methyl sites for hydroxylation is 2. The number of nitrogens with one attached hydrogen (secondary N) is 1. The first kappa shape index (κ1) is 17.2. The fourth-order valence-electron chi connectivity index (χ4n) is 2.75. The zero-order valence-electron chi connectivity index (χ0n) is 14.7. The minimum Gasteiger partial charge on any atom is -0.394 e. The van der Waals surface area contributed by atoms with Crippen molar-refractivity contribution in [1.29, 1.82) is 0 Å². The van der Waals surface area contributed by atoms with Crippen molar-refractivity contribution in [3.63, 3.8) is 0 Å². The lowest BCUT2D eigenvalue weighted by Crippen LogP contribution is -2.11. The number of rotatable bonds is 8. The summed E-state index contributed by atoms with van der Waals surface area (Å²) >= 11 is 0. The average molecular weight is 340 g/mol. The summed E-state index contributed by atoms with van der Waals surface area (Å²) in [6, 6.07) is 10.5. The van der Waals surface area contributed by atoms with Crippen LogP contribution in [0.15, 0.2) is 36.5 Å². The van der Waals surface area contributed by atoms with Gasteiger partial charge in [0.25, 0.3) is 0 Å². The molecule has 2 heterocycles. The molecule has 2 aromatic heterocycles. The topological polar surface area (TPSA) is 80.8 Å². The molecule has 0 saturated carbocycles. The van der Waals surface area contributed by atoms with Gasteiger partial charge in [0, 0.05) is 18.7 Å². The van der Waals surface area contributed by atoms with Crippen LogP contribution in [0.3, 0.4) is 0 Å². The number of anilines is 1. The molecule has 0 aliphatic rings. The van der Waals surface area contributed by atoms with Crippen molar-refractivity contribution >= 4 is 5.82 Å². The lowest BCUT2D eigenvalue weighted by molar-refractivity contribution is 0.270. The van der Waals surface area contributed by atoms with Gasteiger partial charge >= 0.3 is 0 Å². The maximum absolute atomic E-state index is 9.30. The molecule has 0 amide bonds. The van der Waals surface area contributed by atoms with Crippen molar-refractivity contribution in [2.24, 2.45) is 7.05 Å². The number of benzene rings is 1. The summed E-state index contributed by atoms with van der Waals surface area (Å²) in [5.41, 5.74) is 4.27. The molecule has 2 N–H and O–H groups in total. The highest BCUT2D eigenvalue weighted by molar-refractivity contribution is 5.63. The average Bonchev–Trinajstić information content (AvgIpc) is 3.21. The lowest BCUT2D eigenvalue weighted by Gasteiger charge is -2.08. The maximum atomic E-state index is 9.30. The third-order valence-corrected chi connectivity index (χ3v) is 4.14. The van der Waals surface area contributed by atoms with E-state index in [0.717, 1.165) is 35.6 Å². The molecule has 0 fully saturated rings. The van der Waals surface area contributed by atoms with Gasteiger partial charge in [-0.25, -0.2) is 4.68 Å². The summed E-state index contributed by atoms with van der Waals surface area (Å²) in [5, 5.41) is 25.1. The van der Waals surface area contributed by atoms with E-state index in [1.54, 1.807) is 15.6 Å². The Morgan fingerprint density at radius 3 is 2.64 bits per heavy atom. The lowest BCUT2D eigenvalue weighted by atomic mass is 10.1. The van der Waals surface area contributed by atoms with Gasteiger partial charge in [0.05, 0.1) is 37.3 Å². The highest BCUT2D eigenvalue weighted by Crippen LogP contribution is 2.23. The Hall–Kier alpha value is -2.67. The van der Waals surface area contributed by atoms with Crippen LogP contribution in [0.5, 0.6) is 0 Å². The SMILES string of the molecule is CCCc1ccc(-c2cc(NCc3cnnn3C)n(CCO)n2)cc1. The summed E-state index contributed by atoms with van der Waals surface area (Å²) in [5.74, 6) is 0.864. The van der Waals surface area contributed by atoms with Gasteiger partial charge in [-0.1, -0.05) is 42.8 Å². The van der Waals surface area contributed by atoms with Gasteiger partial charge < -0.3 is 10.4 Å². The number of aromatic nitrogens is 5. The Labute approximate surface area is 147 Å². The van der Waals surface area contributed by atoms with Gasteiger partial charge in [-0.2, -0.15) is 5.10 Å². The second-order valence-electron chi connectivity index (χ2n) is 6.01. The van der Waals surface area contributed by atoms with Crippen molar-refractivity contribution in [2.45, 2.75) is 32.9 Å². The molecular weight excluding hydrogens is 316 g/mol. The van der Waals surface area contributed by atoms with Gasteiger partial charge in [-0.15, -0.1) is 5.10 Å². The smallest absolute Gasteiger partial charge is 0.125 e. The third-order valence-electron chi connectivity index (χ3n) is 4.14. The quantitative estimate of drug-likeness (QED) is 0.657. The van der Waals surface area contributed by atoms with Crippen molar-refractivity contribution in [3.8, 4) is 11.3 Å². The van der Waals surface area contributed by atoms with Crippen LogP contribution in [0.2, 0.25) is 0 Å². The Balaban J connectivity index is 1.79. The van der Waals surface area contributed by atoms with Crippen molar-refractivity contribution < 1.29 is 5.11 Å². The second-order valence-corrected chi connectivity index (χ2v) is 6.01. The largest absolute Gasteiger partial charge is 0.394 e. The summed E-state index contributed by atoms with van der Waals surface area (Å²) in [6.07, 6.45) is 3.96. The highest BCUT2D eigenvalue weighted by atomic mass is 16.3. The van der Waals surface area contributed by atoms with E-state index in [-0.39, 0.29) is 6.61 Å². The molecule has 3 rings (SSSR count). The Kier molecular flexibility index (Phi) is 5.45. The predicted octanol–water partition coefficient (Wildman–Crippen LogP) is 2.24.